The Balaban J connectivity index is 1.42. The van der Waals surface area contributed by atoms with Crippen LogP contribution in [0.5, 0.6) is 5.75 Å². The summed E-state index contributed by atoms with van der Waals surface area (Å²) in [5.41, 5.74) is 2.20. The number of carbonyl (C=O) groups is 1. The Kier molecular flexibility index (Phi) is 7.84. The van der Waals surface area contributed by atoms with E-state index in [1.807, 2.05) is 32.0 Å². The summed E-state index contributed by atoms with van der Waals surface area (Å²) in [5.74, 6) is -1.48. The second-order valence-electron chi connectivity index (χ2n) is 7.94. The van der Waals surface area contributed by atoms with Gasteiger partial charge in [-0.2, -0.15) is 4.31 Å². The lowest BCUT2D eigenvalue weighted by atomic mass is 10.1. The maximum Gasteiger partial charge on any atom is 0.243 e. The van der Waals surface area contributed by atoms with Crippen LogP contribution in [-0.2, 0) is 14.8 Å². The van der Waals surface area contributed by atoms with Crippen molar-refractivity contribution < 1.29 is 26.7 Å². The lowest BCUT2D eigenvalue weighted by molar-refractivity contribution is -0.132. The summed E-state index contributed by atoms with van der Waals surface area (Å²) in [6, 6.07) is 8.57. The monoisotopic (exact) mass is 466 g/mol. The topological polar surface area (TPSA) is 66.9 Å². The van der Waals surface area contributed by atoms with E-state index in [0.717, 1.165) is 35.4 Å². The quantitative estimate of drug-likeness (QED) is 0.557. The van der Waals surface area contributed by atoms with E-state index in [0.29, 0.717) is 25.5 Å². The Morgan fingerprint density at radius 1 is 0.969 bits per heavy atom. The van der Waals surface area contributed by atoms with E-state index in [2.05, 4.69) is 0 Å². The molecule has 1 aliphatic heterocycles. The number of unbranched alkanes of at least 4 members (excludes halogenated alkanes) is 1. The number of carbonyl (C=O) groups excluding carboxylic acids is 1. The molecule has 0 aromatic heterocycles. The molecule has 32 heavy (non-hydrogen) atoms. The van der Waals surface area contributed by atoms with Gasteiger partial charge in [-0.05, 0) is 62.1 Å². The highest BCUT2D eigenvalue weighted by Gasteiger charge is 2.30. The highest BCUT2D eigenvalue weighted by Crippen LogP contribution is 2.21. The molecule has 1 saturated heterocycles. The van der Waals surface area contributed by atoms with Crippen molar-refractivity contribution in [1.82, 2.24) is 9.21 Å². The lowest BCUT2D eigenvalue weighted by Gasteiger charge is -2.34. The first-order valence-corrected chi connectivity index (χ1v) is 12.1. The number of hydrogen-bond donors (Lipinski definition) is 0. The Morgan fingerprint density at radius 3 is 2.38 bits per heavy atom. The molecule has 0 N–H and O–H groups in total. The summed E-state index contributed by atoms with van der Waals surface area (Å²) in [6.45, 7) is 5.28. The Morgan fingerprint density at radius 2 is 1.69 bits per heavy atom. The standard InChI is InChI=1S/C23H28F2N2O4S/c1-17-6-7-18(2)22(15-17)31-14-4-3-5-23(28)26-10-12-27(13-11-26)32(29,30)19-8-9-20(24)21(25)16-19/h6-9,15-16H,3-5,10-14H2,1-2H3. The van der Waals surface area contributed by atoms with E-state index < -0.39 is 21.7 Å². The van der Waals surface area contributed by atoms with Crippen LogP contribution in [0.4, 0.5) is 8.78 Å². The van der Waals surface area contributed by atoms with Gasteiger partial charge < -0.3 is 9.64 Å². The van der Waals surface area contributed by atoms with Crippen molar-refractivity contribution in [3.63, 3.8) is 0 Å². The maximum atomic E-state index is 13.4. The molecule has 2 aromatic carbocycles. The van der Waals surface area contributed by atoms with Gasteiger partial charge in [-0.3, -0.25) is 4.79 Å². The molecule has 3 rings (SSSR count). The van der Waals surface area contributed by atoms with Crippen LogP contribution in [0.1, 0.15) is 30.4 Å². The first-order valence-electron chi connectivity index (χ1n) is 10.6. The van der Waals surface area contributed by atoms with E-state index in [9.17, 15) is 22.0 Å². The van der Waals surface area contributed by atoms with Crippen molar-refractivity contribution in [2.75, 3.05) is 32.8 Å². The Bertz CT molecular complexity index is 1070. The third-order valence-corrected chi connectivity index (χ3v) is 7.40. The van der Waals surface area contributed by atoms with Gasteiger partial charge in [-0.25, -0.2) is 17.2 Å². The average Bonchev–Trinajstić information content (AvgIpc) is 2.77. The van der Waals surface area contributed by atoms with Gasteiger partial charge in [0, 0.05) is 32.6 Å². The molecule has 0 atom stereocenters. The van der Waals surface area contributed by atoms with Gasteiger partial charge in [0.15, 0.2) is 11.6 Å². The molecular formula is C23H28F2N2O4S. The van der Waals surface area contributed by atoms with E-state index >= 15 is 0 Å². The molecule has 0 spiro atoms. The molecular weight excluding hydrogens is 438 g/mol. The maximum absolute atomic E-state index is 13.4. The van der Waals surface area contributed by atoms with Crippen molar-refractivity contribution >= 4 is 15.9 Å². The van der Waals surface area contributed by atoms with E-state index in [4.69, 9.17) is 4.74 Å². The molecule has 1 fully saturated rings. The zero-order valence-corrected chi connectivity index (χ0v) is 19.1. The van der Waals surface area contributed by atoms with Crippen molar-refractivity contribution in [3.05, 3.63) is 59.2 Å². The van der Waals surface area contributed by atoms with Crippen LogP contribution in [0.2, 0.25) is 0 Å². The fourth-order valence-corrected chi connectivity index (χ4v) is 4.98. The number of aryl methyl sites for hydroxylation is 2. The van der Waals surface area contributed by atoms with E-state index in [1.54, 1.807) is 4.90 Å². The van der Waals surface area contributed by atoms with Crippen molar-refractivity contribution in [1.29, 1.82) is 0 Å². The fraction of sp³-hybridized carbons (Fsp3) is 0.435. The summed E-state index contributed by atoms with van der Waals surface area (Å²) < 4.78 is 58.8. The number of hydrogen-bond acceptors (Lipinski definition) is 4. The van der Waals surface area contributed by atoms with Crippen LogP contribution >= 0.6 is 0 Å². The largest absolute Gasteiger partial charge is 0.493 e. The second kappa shape index (κ2) is 10.4. The number of rotatable bonds is 8. The first kappa shape index (κ1) is 24.1. The molecule has 174 valence electrons. The first-order chi connectivity index (χ1) is 15.2. The number of nitrogens with zero attached hydrogens (tertiary/aromatic N) is 2. The molecule has 0 radical (unpaired) electrons. The number of sulfonamides is 1. The van der Waals surface area contributed by atoms with Crippen LogP contribution in [-0.4, -0.2) is 56.3 Å². The zero-order chi connectivity index (χ0) is 23.3. The minimum absolute atomic E-state index is 0.0263. The van der Waals surface area contributed by atoms with Gasteiger partial charge in [-0.1, -0.05) is 12.1 Å². The van der Waals surface area contributed by atoms with E-state index in [1.165, 1.54) is 4.31 Å². The molecule has 0 unspecified atom stereocenters. The Labute approximate surface area is 187 Å². The number of ether oxygens (including phenoxy) is 1. The molecule has 2 aromatic rings. The average molecular weight is 467 g/mol. The predicted molar refractivity (Wildman–Crippen MR) is 117 cm³/mol. The number of piperazine rings is 1. The number of halogens is 2. The van der Waals surface area contributed by atoms with Crippen LogP contribution in [0, 0.1) is 25.5 Å². The predicted octanol–water partition coefficient (Wildman–Crippen LogP) is 3.66. The molecule has 1 aliphatic rings. The van der Waals surface area contributed by atoms with Crippen molar-refractivity contribution in [2.24, 2.45) is 0 Å². The fourth-order valence-electron chi connectivity index (χ4n) is 3.55. The minimum Gasteiger partial charge on any atom is -0.493 e. The summed E-state index contributed by atoms with van der Waals surface area (Å²) in [6.07, 6.45) is 1.78. The van der Waals surface area contributed by atoms with Gasteiger partial charge in [0.25, 0.3) is 0 Å². The normalized spacial score (nSPS) is 15.1. The molecule has 6 nitrogen and oxygen atoms in total. The van der Waals surface area contributed by atoms with Gasteiger partial charge >= 0.3 is 0 Å². The second-order valence-corrected chi connectivity index (χ2v) is 9.87. The molecule has 1 heterocycles. The molecule has 1 amide bonds. The van der Waals surface area contributed by atoms with Gasteiger partial charge in [0.05, 0.1) is 11.5 Å². The lowest BCUT2D eigenvalue weighted by Crippen LogP contribution is -2.50. The summed E-state index contributed by atoms with van der Waals surface area (Å²) in [5, 5.41) is 0. The highest BCUT2D eigenvalue weighted by molar-refractivity contribution is 7.89. The van der Waals surface area contributed by atoms with Crippen LogP contribution < -0.4 is 4.74 Å². The van der Waals surface area contributed by atoms with Crippen LogP contribution in [0.25, 0.3) is 0 Å². The summed E-state index contributed by atoms with van der Waals surface area (Å²) in [4.78, 5) is 13.8. The van der Waals surface area contributed by atoms with Gasteiger partial charge in [0.2, 0.25) is 15.9 Å². The minimum atomic E-state index is -3.94. The zero-order valence-electron chi connectivity index (χ0n) is 18.3. The van der Waals surface area contributed by atoms with Crippen LogP contribution in [0.15, 0.2) is 41.3 Å². The molecule has 9 heteroatoms. The molecule has 0 saturated carbocycles. The smallest absolute Gasteiger partial charge is 0.243 e. The molecule has 0 bridgehead atoms. The third-order valence-electron chi connectivity index (χ3n) is 5.51. The van der Waals surface area contributed by atoms with E-state index in [-0.39, 0.29) is 37.0 Å². The van der Waals surface area contributed by atoms with Crippen molar-refractivity contribution in [3.8, 4) is 5.75 Å². The Hall–Kier alpha value is -2.52. The molecule has 0 aliphatic carbocycles. The number of amides is 1. The van der Waals surface area contributed by atoms with Gasteiger partial charge in [-0.15, -0.1) is 0 Å². The summed E-state index contributed by atoms with van der Waals surface area (Å²) in [7, 11) is -3.94. The summed E-state index contributed by atoms with van der Waals surface area (Å²) >= 11 is 0. The van der Waals surface area contributed by atoms with Gasteiger partial charge in [0.1, 0.15) is 5.75 Å². The van der Waals surface area contributed by atoms with Crippen molar-refractivity contribution in [2.45, 2.75) is 38.0 Å². The highest BCUT2D eigenvalue weighted by atomic mass is 32.2. The SMILES string of the molecule is Cc1ccc(C)c(OCCCCC(=O)N2CCN(S(=O)(=O)c3ccc(F)c(F)c3)CC2)c1. The third kappa shape index (κ3) is 5.83. The number of benzene rings is 2. The van der Waals surface area contributed by atoms with Crippen LogP contribution in [0.3, 0.4) is 0 Å².